The first kappa shape index (κ1) is 20.7. The van der Waals surface area contributed by atoms with E-state index in [2.05, 4.69) is 21.0 Å². The van der Waals surface area contributed by atoms with Crippen LogP contribution in [0, 0.1) is 0 Å². The van der Waals surface area contributed by atoms with Crippen molar-refractivity contribution >= 4 is 34.9 Å². The van der Waals surface area contributed by atoms with Crippen molar-refractivity contribution in [1.82, 2.24) is 20.4 Å². The molecule has 0 unspecified atom stereocenters. The molecule has 3 amide bonds. The van der Waals surface area contributed by atoms with Crippen molar-refractivity contribution in [3.8, 4) is 5.69 Å². The first-order valence-electron chi connectivity index (χ1n) is 10.0. The van der Waals surface area contributed by atoms with Crippen LogP contribution in [-0.4, -0.2) is 47.9 Å². The van der Waals surface area contributed by atoms with E-state index in [9.17, 15) is 9.59 Å². The summed E-state index contributed by atoms with van der Waals surface area (Å²) in [6.07, 6.45) is 2.52. The Morgan fingerprint density at radius 3 is 2.77 bits per heavy atom. The largest absolute Gasteiger partial charge is 0.359 e. The number of piperazine rings is 1. The van der Waals surface area contributed by atoms with Crippen molar-refractivity contribution in [2.24, 2.45) is 0 Å². The van der Waals surface area contributed by atoms with Gasteiger partial charge in [-0.2, -0.15) is 5.10 Å². The number of urea groups is 1. The smallest absolute Gasteiger partial charge is 0.319 e. The molecule has 0 radical (unpaired) electrons. The molecule has 4 rings (SSSR count). The summed E-state index contributed by atoms with van der Waals surface area (Å²) >= 11 is 6.38. The lowest BCUT2D eigenvalue weighted by Gasteiger charge is -2.29. The third kappa shape index (κ3) is 5.35. The van der Waals surface area contributed by atoms with Crippen molar-refractivity contribution in [3.63, 3.8) is 0 Å². The van der Waals surface area contributed by atoms with Crippen LogP contribution in [0.1, 0.15) is 5.69 Å². The third-order valence-electron chi connectivity index (χ3n) is 4.92. The molecule has 2 aromatic carbocycles. The molecular weight excluding hydrogens is 416 g/mol. The number of amides is 3. The third-order valence-corrected chi connectivity index (χ3v) is 5.22. The van der Waals surface area contributed by atoms with Crippen LogP contribution in [-0.2, 0) is 11.2 Å². The Bertz CT molecular complexity index is 1070. The molecule has 9 heteroatoms. The van der Waals surface area contributed by atoms with Gasteiger partial charge in [0.25, 0.3) is 0 Å². The van der Waals surface area contributed by atoms with Gasteiger partial charge in [0, 0.05) is 37.9 Å². The molecule has 1 aromatic heterocycles. The highest BCUT2D eigenvalue weighted by molar-refractivity contribution is 6.33. The zero-order valence-electron chi connectivity index (χ0n) is 16.8. The van der Waals surface area contributed by atoms with Crippen molar-refractivity contribution in [3.05, 3.63) is 71.5 Å². The van der Waals surface area contributed by atoms with E-state index in [1.807, 2.05) is 58.2 Å². The lowest BCUT2D eigenvalue weighted by atomic mass is 10.2. The van der Waals surface area contributed by atoms with E-state index in [1.54, 1.807) is 12.1 Å². The van der Waals surface area contributed by atoms with E-state index < -0.39 is 0 Å². The van der Waals surface area contributed by atoms with Gasteiger partial charge in [-0.3, -0.25) is 4.79 Å². The number of nitrogens with zero attached hydrogens (tertiary/aromatic N) is 3. The summed E-state index contributed by atoms with van der Waals surface area (Å²) in [6.45, 7) is 2.00. The van der Waals surface area contributed by atoms with Gasteiger partial charge < -0.3 is 20.9 Å². The number of halogens is 1. The average Bonchev–Trinajstić information content (AvgIpc) is 3.23. The molecule has 0 aliphatic carbocycles. The number of carbonyl (C=O) groups excluding carboxylic acids is 2. The normalized spacial score (nSPS) is 13.6. The lowest BCUT2D eigenvalue weighted by molar-refractivity contribution is -0.120. The Kier molecular flexibility index (Phi) is 6.37. The number of anilines is 2. The number of aromatic nitrogens is 2. The van der Waals surface area contributed by atoms with Gasteiger partial charge in [-0.15, -0.1) is 0 Å². The zero-order chi connectivity index (χ0) is 21.6. The summed E-state index contributed by atoms with van der Waals surface area (Å²) in [6, 6.07) is 16.7. The van der Waals surface area contributed by atoms with Crippen LogP contribution >= 0.6 is 11.6 Å². The highest BCUT2D eigenvalue weighted by atomic mass is 35.5. The summed E-state index contributed by atoms with van der Waals surface area (Å²) in [7, 11) is 0. The van der Waals surface area contributed by atoms with Crippen LogP contribution < -0.4 is 20.9 Å². The molecule has 0 atom stereocenters. The van der Waals surface area contributed by atoms with E-state index >= 15 is 0 Å². The second-order valence-electron chi connectivity index (χ2n) is 7.16. The second kappa shape index (κ2) is 9.53. The molecule has 1 saturated heterocycles. The SMILES string of the molecule is O=C1CN(c2ccc(NC(=O)NCCc3ccn(-c4ccccc4)n3)cc2Cl)CCN1. The lowest BCUT2D eigenvalue weighted by Crippen LogP contribution is -2.47. The van der Waals surface area contributed by atoms with Crippen LogP contribution in [0.2, 0.25) is 5.02 Å². The van der Waals surface area contributed by atoms with E-state index in [-0.39, 0.29) is 18.5 Å². The van der Waals surface area contributed by atoms with Crippen molar-refractivity contribution < 1.29 is 9.59 Å². The Labute approximate surface area is 185 Å². The zero-order valence-corrected chi connectivity index (χ0v) is 17.6. The van der Waals surface area contributed by atoms with Gasteiger partial charge >= 0.3 is 6.03 Å². The quantitative estimate of drug-likeness (QED) is 0.552. The maximum absolute atomic E-state index is 12.2. The van der Waals surface area contributed by atoms with Crippen LogP contribution in [0.15, 0.2) is 60.8 Å². The molecule has 0 bridgehead atoms. The molecule has 0 spiro atoms. The maximum atomic E-state index is 12.2. The predicted octanol–water partition coefficient (Wildman–Crippen LogP) is 2.83. The van der Waals surface area contributed by atoms with Crippen molar-refractivity contribution in [2.75, 3.05) is 36.4 Å². The number of carbonyl (C=O) groups is 2. The summed E-state index contributed by atoms with van der Waals surface area (Å²) < 4.78 is 1.81. The number of rotatable bonds is 6. The molecule has 1 aliphatic heterocycles. The van der Waals surface area contributed by atoms with Gasteiger partial charge in [0.2, 0.25) is 5.91 Å². The summed E-state index contributed by atoms with van der Waals surface area (Å²) in [5, 5.41) is 13.4. The van der Waals surface area contributed by atoms with E-state index in [0.717, 1.165) is 17.1 Å². The van der Waals surface area contributed by atoms with Crippen molar-refractivity contribution in [1.29, 1.82) is 0 Å². The first-order valence-corrected chi connectivity index (χ1v) is 10.4. The van der Waals surface area contributed by atoms with E-state index in [0.29, 0.717) is 36.8 Å². The molecule has 2 heterocycles. The van der Waals surface area contributed by atoms with Crippen LogP contribution in [0.5, 0.6) is 0 Å². The van der Waals surface area contributed by atoms with Gasteiger partial charge in [-0.1, -0.05) is 29.8 Å². The number of nitrogens with one attached hydrogen (secondary N) is 3. The average molecular weight is 439 g/mol. The molecular formula is C22H23ClN6O2. The number of hydrogen-bond acceptors (Lipinski definition) is 4. The van der Waals surface area contributed by atoms with Crippen molar-refractivity contribution in [2.45, 2.75) is 6.42 Å². The molecule has 3 aromatic rings. The minimum atomic E-state index is -0.316. The fraction of sp³-hybridized carbons (Fsp3) is 0.227. The van der Waals surface area contributed by atoms with E-state index in [1.165, 1.54) is 0 Å². The molecule has 0 saturated carbocycles. The highest BCUT2D eigenvalue weighted by Gasteiger charge is 2.18. The standard InChI is InChI=1S/C22H23ClN6O2/c23-19-14-17(6-7-20(19)28-13-11-24-21(30)15-28)26-22(31)25-10-8-16-9-12-29(27-16)18-4-2-1-3-5-18/h1-7,9,12,14H,8,10-11,13,15H2,(H,24,30)(H2,25,26,31). The van der Waals surface area contributed by atoms with Gasteiger partial charge in [-0.25, -0.2) is 9.48 Å². The molecule has 8 nitrogen and oxygen atoms in total. The Morgan fingerprint density at radius 2 is 2.00 bits per heavy atom. The molecule has 1 aliphatic rings. The molecule has 31 heavy (non-hydrogen) atoms. The van der Waals surface area contributed by atoms with Crippen LogP contribution in [0.3, 0.4) is 0 Å². The second-order valence-corrected chi connectivity index (χ2v) is 7.56. The Balaban J connectivity index is 1.27. The van der Waals surface area contributed by atoms with E-state index in [4.69, 9.17) is 11.6 Å². The maximum Gasteiger partial charge on any atom is 0.319 e. The van der Waals surface area contributed by atoms with Gasteiger partial charge in [0.1, 0.15) is 0 Å². The van der Waals surface area contributed by atoms with Gasteiger partial charge in [0.15, 0.2) is 0 Å². The number of para-hydroxylation sites is 1. The summed E-state index contributed by atoms with van der Waals surface area (Å²) in [5.74, 6) is -0.0301. The molecule has 3 N–H and O–H groups in total. The van der Waals surface area contributed by atoms with Gasteiger partial charge in [-0.05, 0) is 36.4 Å². The fourth-order valence-electron chi connectivity index (χ4n) is 3.38. The number of hydrogen-bond donors (Lipinski definition) is 3. The van der Waals surface area contributed by atoms with Gasteiger partial charge in [0.05, 0.1) is 28.6 Å². The monoisotopic (exact) mass is 438 g/mol. The number of benzene rings is 2. The highest BCUT2D eigenvalue weighted by Crippen LogP contribution is 2.29. The van der Waals surface area contributed by atoms with Crippen LogP contribution in [0.25, 0.3) is 5.69 Å². The minimum Gasteiger partial charge on any atom is -0.359 e. The fourth-order valence-corrected chi connectivity index (χ4v) is 3.68. The predicted molar refractivity (Wildman–Crippen MR) is 121 cm³/mol. The van der Waals surface area contributed by atoms with Crippen LogP contribution in [0.4, 0.5) is 16.2 Å². The molecule has 1 fully saturated rings. The summed E-state index contributed by atoms with van der Waals surface area (Å²) in [4.78, 5) is 25.7. The Hall–Kier alpha value is -3.52. The summed E-state index contributed by atoms with van der Waals surface area (Å²) in [5.41, 5.74) is 3.24. The first-order chi connectivity index (χ1) is 15.1. The minimum absolute atomic E-state index is 0.0301. The topological polar surface area (TPSA) is 91.3 Å². The molecule has 160 valence electrons. The Morgan fingerprint density at radius 1 is 1.16 bits per heavy atom.